The standard InChI is InChI=1S/C21H25N4O4S/c1-15-8-10-17(11-9-15)30(27,28)24-13-12-18-20(23-16-6-4-3-5-7-16)19(25(26)29-2)14-22-21(18)24/h8-14,16H,3-7H2,1-2H3,(H,22,23)/q+1. The van der Waals surface area contributed by atoms with Gasteiger partial charge in [-0.05, 0) is 38.0 Å². The van der Waals surface area contributed by atoms with Gasteiger partial charge in [-0.15, -0.1) is 0 Å². The highest BCUT2D eigenvalue weighted by Crippen LogP contribution is 2.36. The Bertz CT molecular complexity index is 1180. The van der Waals surface area contributed by atoms with Crippen molar-refractivity contribution in [3.8, 4) is 0 Å². The summed E-state index contributed by atoms with van der Waals surface area (Å²) >= 11 is 0. The first-order valence-electron chi connectivity index (χ1n) is 10.0. The molecule has 30 heavy (non-hydrogen) atoms. The first-order chi connectivity index (χ1) is 14.4. The molecule has 8 nitrogen and oxygen atoms in total. The smallest absolute Gasteiger partial charge is 0.358 e. The van der Waals surface area contributed by atoms with Gasteiger partial charge in [0.2, 0.25) is 0 Å². The number of hydrogen-bond donors (Lipinski definition) is 1. The fourth-order valence-electron chi connectivity index (χ4n) is 3.91. The molecule has 0 radical (unpaired) electrons. The molecule has 0 bridgehead atoms. The quantitative estimate of drug-likeness (QED) is 0.587. The van der Waals surface area contributed by atoms with Crippen LogP contribution in [0.15, 0.2) is 47.6 Å². The first kappa shape index (κ1) is 20.3. The van der Waals surface area contributed by atoms with Crippen LogP contribution in [0.5, 0.6) is 0 Å². The molecule has 1 aromatic carbocycles. The molecule has 4 rings (SSSR count). The maximum absolute atomic E-state index is 13.2. The van der Waals surface area contributed by atoms with Crippen molar-refractivity contribution in [2.75, 3.05) is 12.4 Å². The highest BCUT2D eigenvalue weighted by Gasteiger charge is 2.29. The predicted octanol–water partition coefficient (Wildman–Crippen LogP) is 4.30. The Kier molecular flexibility index (Phi) is 5.46. The van der Waals surface area contributed by atoms with E-state index in [0.29, 0.717) is 16.0 Å². The lowest BCUT2D eigenvalue weighted by Crippen LogP contribution is -2.23. The van der Waals surface area contributed by atoms with Crippen LogP contribution < -0.4 is 5.32 Å². The van der Waals surface area contributed by atoms with E-state index in [4.69, 9.17) is 4.84 Å². The second-order valence-corrected chi connectivity index (χ2v) is 9.42. The lowest BCUT2D eigenvalue weighted by Gasteiger charge is -2.23. The normalized spacial score (nSPS) is 15.3. The number of aromatic nitrogens is 2. The zero-order chi connectivity index (χ0) is 21.3. The predicted molar refractivity (Wildman–Crippen MR) is 114 cm³/mol. The van der Waals surface area contributed by atoms with E-state index >= 15 is 0 Å². The maximum atomic E-state index is 13.2. The van der Waals surface area contributed by atoms with E-state index in [1.165, 1.54) is 25.9 Å². The molecule has 0 spiro atoms. The number of aryl methyl sites for hydroxylation is 1. The molecule has 9 heteroatoms. The summed E-state index contributed by atoms with van der Waals surface area (Å²) in [7, 11) is -2.54. The summed E-state index contributed by atoms with van der Waals surface area (Å²) in [6, 6.07) is 8.56. The Hall–Kier alpha value is -2.94. The number of hydrogen-bond acceptors (Lipinski definition) is 6. The Balaban J connectivity index is 1.83. The van der Waals surface area contributed by atoms with Gasteiger partial charge in [-0.2, -0.15) is 0 Å². The summed E-state index contributed by atoms with van der Waals surface area (Å²) in [5.74, 6) is 0. The van der Waals surface area contributed by atoms with Gasteiger partial charge in [-0.3, -0.25) is 0 Å². The van der Waals surface area contributed by atoms with E-state index in [1.807, 2.05) is 6.92 Å². The van der Waals surface area contributed by atoms with E-state index in [0.717, 1.165) is 35.2 Å². The van der Waals surface area contributed by atoms with Gasteiger partial charge in [0.15, 0.2) is 12.8 Å². The lowest BCUT2D eigenvalue weighted by atomic mass is 9.95. The van der Waals surface area contributed by atoms with Crippen molar-refractivity contribution < 1.29 is 18.2 Å². The van der Waals surface area contributed by atoms with Crippen molar-refractivity contribution >= 4 is 32.4 Å². The van der Waals surface area contributed by atoms with E-state index in [1.54, 1.807) is 30.3 Å². The molecule has 1 aliphatic carbocycles. The first-order valence-corrected chi connectivity index (χ1v) is 11.5. The molecule has 158 valence electrons. The SMILES string of the molecule is CO[N+](=O)c1cnc2c(ccn2S(=O)(=O)c2ccc(C)cc2)c1NC1CCCCC1. The fraction of sp³-hybridized carbons (Fsp3) is 0.381. The number of nitrogens with zero attached hydrogens (tertiary/aromatic N) is 3. The lowest BCUT2D eigenvalue weighted by molar-refractivity contribution is -0.736. The molecule has 0 aliphatic heterocycles. The molecule has 0 amide bonds. The average molecular weight is 430 g/mol. The van der Waals surface area contributed by atoms with Gasteiger partial charge in [0, 0.05) is 12.2 Å². The van der Waals surface area contributed by atoms with E-state index in [2.05, 4.69) is 10.3 Å². The van der Waals surface area contributed by atoms with Crippen LogP contribution in [-0.2, 0) is 14.9 Å². The molecular formula is C21H25N4O4S+. The summed E-state index contributed by atoms with van der Waals surface area (Å²) in [5.41, 5.74) is 2.01. The number of nitrogens with one attached hydrogen (secondary N) is 1. The van der Waals surface area contributed by atoms with Crippen LogP contribution in [0.2, 0.25) is 0 Å². The van der Waals surface area contributed by atoms with Crippen LogP contribution in [0, 0.1) is 11.8 Å². The molecule has 1 N–H and O–H groups in total. The fourth-order valence-corrected chi connectivity index (χ4v) is 5.21. The largest absolute Gasteiger partial charge is 0.376 e. The molecular weight excluding hydrogens is 404 g/mol. The van der Waals surface area contributed by atoms with Gasteiger partial charge < -0.3 is 5.32 Å². The summed E-state index contributed by atoms with van der Waals surface area (Å²) in [5, 5.41) is 4.01. The van der Waals surface area contributed by atoms with Gasteiger partial charge >= 0.3 is 5.69 Å². The minimum Gasteiger partial charge on any atom is -0.376 e. The van der Waals surface area contributed by atoms with Crippen LogP contribution in [0.4, 0.5) is 11.4 Å². The molecule has 2 heterocycles. The van der Waals surface area contributed by atoms with Crippen molar-refractivity contribution in [3.05, 3.63) is 53.2 Å². The molecule has 1 fully saturated rings. The summed E-state index contributed by atoms with van der Waals surface area (Å²) < 4.78 is 27.6. The van der Waals surface area contributed by atoms with Crippen molar-refractivity contribution in [1.29, 1.82) is 0 Å². The zero-order valence-electron chi connectivity index (χ0n) is 17.0. The summed E-state index contributed by atoms with van der Waals surface area (Å²) in [6.07, 6.45) is 8.27. The highest BCUT2D eigenvalue weighted by molar-refractivity contribution is 7.90. The van der Waals surface area contributed by atoms with Crippen LogP contribution in [0.25, 0.3) is 11.0 Å². The molecule has 0 atom stereocenters. The minimum absolute atomic E-state index is 0.181. The van der Waals surface area contributed by atoms with Crippen LogP contribution in [-0.4, -0.2) is 35.4 Å². The second-order valence-electron chi connectivity index (χ2n) is 7.60. The molecule has 1 saturated carbocycles. The van der Waals surface area contributed by atoms with Crippen LogP contribution >= 0.6 is 0 Å². The molecule has 1 aliphatic rings. The average Bonchev–Trinajstić information content (AvgIpc) is 3.20. The van der Waals surface area contributed by atoms with Gasteiger partial charge in [-0.25, -0.2) is 22.2 Å². The van der Waals surface area contributed by atoms with E-state index in [9.17, 15) is 13.3 Å². The summed E-state index contributed by atoms with van der Waals surface area (Å²) in [6.45, 7) is 1.90. The topological polar surface area (TPSA) is 93.3 Å². The number of rotatable bonds is 6. The van der Waals surface area contributed by atoms with Crippen molar-refractivity contribution in [2.45, 2.75) is 50.0 Å². The number of benzene rings is 1. The van der Waals surface area contributed by atoms with E-state index < -0.39 is 10.0 Å². The zero-order valence-corrected chi connectivity index (χ0v) is 17.9. The number of pyridine rings is 1. The molecule has 3 aromatic rings. The van der Waals surface area contributed by atoms with Crippen LogP contribution in [0.3, 0.4) is 0 Å². The highest BCUT2D eigenvalue weighted by atomic mass is 32.2. The van der Waals surface area contributed by atoms with Gasteiger partial charge in [0.25, 0.3) is 14.9 Å². The van der Waals surface area contributed by atoms with Crippen molar-refractivity contribution in [1.82, 2.24) is 8.96 Å². The Morgan fingerprint density at radius 2 is 1.83 bits per heavy atom. The Morgan fingerprint density at radius 1 is 1.13 bits per heavy atom. The molecule has 0 saturated heterocycles. The minimum atomic E-state index is -3.82. The van der Waals surface area contributed by atoms with Crippen LogP contribution in [0.1, 0.15) is 37.7 Å². The van der Waals surface area contributed by atoms with Gasteiger partial charge in [0.05, 0.1) is 15.2 Å². The molecule has 2 aromatic heterocycles. The third kappa shape index (κ3) is 3.65. The maximum Gasteiger partial charge on any atom is 0.358 e. The third-order valence-electron chi connectivity index (χ3n) is 5.55. The second kappa shape index (κ2) is 8.06. The monoisotopic (exact) mass is 429 g/mol. The van der Waals surface area contributed by atoms with Gasteiger partial charge in [0.1, 0.15) is 11.9 Å². The number of fused-ring (bicyclic) bond motifs is 1. The third-order valence-corrected chi connectivity index (χ3v) is 7.24. The number of anilines is 1. The summed E-state index contributed by atoms with van der Waals surface area (Å²) in [4.78, 5) is 22.0. The molecule has 0 unspecified atom stereocenters. The Morgan fingerprint density at radius 3 is 2.50 bits per heavy atom. The van der Waals surface area contributed by atoms with Crippen molar-refractivity contribution in [3.63, 3.8) is 0 Å². The van der Waals surface area contributed by atoms with Gasteiger partial charge in [-0.1, -0.05) is 37.0 Å². The Labute approximate surface area is 175 Å². The van der Waals surface area contributed by atoms with E-state index in [-0.39, 0.29) is 22.3 Å². The van der Waals surface area contributed by atoms with Crippen molar-refractivity contribution in [2.24, 2.45) is 0 Å².